The average molecular weight is 250 g/mol. The predicted molar refractivity (Wildman–Crippen MR) is 72.1 cm³/mol. The van der Waals surface area contributed by atoms with Gasteiger partial charge in [-0.1, -0.05) is 0 Å². The van der Waals surface area contributed by atoms with Gasteiger partial charge in [-0.15, -0.1) is 0 Å². The topological polar surface area (TPSA) is 45.6 Å². The Morgan fingerprint density at radius 1 is 1.50 bits per heavy atom. The summed E-state index contributed by atoms with van der Waals surface area (Å²) in [6.45, 7) is 3.70. The normalized spacial score (nSPS) is 15.2. The molecule has 0 saturated heterocycles. The highest BCUT2D eigenvalue weighted by Gasteiger charge is 2.27. The van der Waals surface area contributed by atoms with Crippen LogP contribution in [-0.4, -0.2) is 35.9 Å². The molecule has 0 aromatic carbocycles. The zero-order chi connectivity index (χ0) is 12.8. The minimum Gasteiger partial charge on any atom is -0.490 e. The number of aliphatic hydroxyl groups excluding tert-OH is 1. The Morgan fingerprint density at radius 2 is 2.33 bits per heavy atom. The molecule has 1 aromatic heterocycles. The average Bonchev–Trinajstić information content (AvgIpc) is 2.33. The van der Waals surface area contributed by atoms with Crippen molar-refractivity contribution in [3.05, 3.63) is 18.3 Å². The molecule has 0 bridgehead atoms. The first-order valence-electron chi connectivity index (χ1n) is 6.82. The van der Waals surface area contributed by atoms with Gasteiger partial charge in [0.2, 0.25) is 0 Å². The molecule has 4 nitrogen and oxygen atoms in total. The van der Waals surface area contributed by atoms with Crippen LogP contribution >= 0.6 is 0 Å². The minimum atomic E-state index is 0.222. The second kappa shape index (κ2) is 6.59. The van der Waals surface area contributed by atoms with Crippen LogP contribution in [0.3, 0.4) is 0 Å². The van der Waals surface area contributed by atoms with Crippen LogP contribution in [0, 0.1) is 0 Å². The van der Waals surface area contributed by atoms with Crippen molar-refractivity contribution in [2.24, 2.45) is 0 Å². The first-order valence-corrected chi connectivity index (χ1v) is 6.82. The van der Waals surface area contributed by atoms with E-state index in [4.69, 9.17) is 9.84 Å². The van der Waals surface area contributed by atoms with Crippen molar-refractivity contribution in [1.82, 2.24) is 4.98 Å². The zero-order valence-corrected chi connectivity index (χ0v) is 11.0. The summed E-state index contributed by atoms with van der Waals surface area (Å²) in [4.78, 5) is 6.77. The van der Waals surface area contributed by atoms with Gasteiger partial charge >= 0.3 is 0 Å². The molecule has 18 heavy (non-hydrogen) atoms. The molecule has 1 aromatic rings. The largest absolute Gasteiger partial charge is 0.490 e. The fourth-order valence-electron chi connectivity index (χ4n) is 2.27. The van der Waals surface area contributed by atoms with Crippen molar-refractivity contribution >= 4 is 5.82 Å². The van der Waals surface area contributed by atoms with Crippen LogP contribution in [0.1, 0.15) is 32.6 Å². The molecule has 0 atom stereocenters. The molecular weight excluding hydrogens is 228 g/mol. The number of anilines is 1. The van der Waals surface area contributed by atoms with Crippen molar-refractivity contribution in [1.29, 1.82) is 0 Å². The summed E-state index contributed by atoms with van der Waals surface area (Å²) in [7, 11) is 0. The molecule has 1 heterocycles. The maximum absolute atomic E-state index is 9.03. The second-order valence-electron chi connectivity index (χ2n) is 4.61. The third-order valence-corrected chi connectivity index (χ3v) is 3.40. The Balaban J connectivity index is 2.17. The summed E-state index contributed by atoms with van der Waals surface area (Å²) in [5.41, 5.74) is 0. The van der Waals surface area contributed by atoms with E-state index in [1.807, 2.05) is 25.3 Å². The highest BCUT2D eigenvalue weighted by atomic mass is 16.5. The Morgan fingerprint density at radius 3 is 2.94 bits per heavy atom. The number of hydrogen-bond donors (Lipinski definition) is 1. The van der Waals surface area contributed by atoms with Gasteiger partial charge < -0.3 is 14.7 Å². The van der Waals surface area contributed by atoms with Crippen LogP contribution in [0.4, 0.5) is 5.82 Å². The van der Waals surface area contributed by atoms with E-state index in [2.05, 4.69) is 9.88 Å². The smallest absolute Gasteiger partial charge is 0.171 e. The van der Waals surface area contributed by atoms with Gasteiger partial charge in [-0.3, -0.25) is 0 Å². The maximum atomic E-state index is 9.03. The lowest BCUT2D eigenvalue weighted by Crippen LogP contribution is -2.41. The van der Waals surface area contributed by atoms with Gasteiger partial charge in [-0.05, 0) is 44.7 Å². The summed E-state index contributed by atoms with van der Waals surface area (Å²) in [6.07, 6.45) is 6.30. The summed E-state index contributed by atoms with van der Waals surface area (Å²) in [5, 5.41) is 9.03. The predicted octanol–water partition coefficient (Wildman–Crippen LogP) is 2.22. The highest BCUT2D eigenvalue weighted by molar-refractivity contribution is 5.53. The molecule has 0 spiro atoms. The second-order valence-corrected chi connectivity index (χ2v) is 4.61. The summed E-state index contributed by atoms with van der Waals surface area (Å²) in [6, 6.07) is 4.43. The molecule has 1 fully saturated rings. The van der Waals surface area contributed by atoms with E-state index in [9.17, 15) is 0 Å². The maximum Gasteiger partial charge on any atom is 0.171 e. The summed E-state index contributed by atoms with van der Waals surface area (Å²) < 4.78 is 5.65. The first kappa shape index (κ1) is 13.1. The van der Waals surface area contributed by atoms with Gasteiger partial charge in [0.15, 0.2) is 11.6 Å². The first-order chi connectivity index (χ1) is 8.86. The molecule has 0 aliphatic heterocycles. The lowest BCUT2D eigenvalue weighted by atomic mass is 9.91. The number of rotatable bonds is 7. The number of pyridine rings is 1. The van der Waals surface area contributed by atoms with Crippen molar-refractivity contribution in [3.8, 4) is 5.75 Å². The fourth-order valence-corrected chi connectivity index (χ4v) is 2.27. The molecule has 0 amide bonds. The molecule has 1 aliphatic carbocycles. The minimum absolute atomic E-state index is 0.222. The standard InChI is InChI=1S/C14H22N2O2/c1-2-18-13-8-4-9-15-14(13)16(10-5-11-17)12-6-3-7-12/h4,8-9,12,17H,2-3,5-7,10-11H2,1H3. The van der Waals surface area contributed by atoms with Crippen LogP contribution in [0.2, 0.25) is 0 Å². The van der Waals surface area contributed by atoms with Gasteiger partial charge in [0, 0.05) is 25.4 Å². The number of hydrogen-bond acceptors (Lipinski definition) is 4. The summed E-state index contributed by atoms with van der Waals surface area (Å²) >= 11 is 0. The van der Waals surface area contributed by atoms with Crippen molar-refractivity contribution in [3.63, 3.8) is 0 Å². The van der Waals surface area contributed by atoms with E-state index in [1.54, 1.807) is 0 Å². The quantitative estimate of drug-likeness (QED) is 0.806. The van der Waals surface area contributed by atoms with E-state index in [-0.39, 0.29) is 6.61 Å². The molecule has 2 rings (SSSR count). The number of aliphatic hydroxyl groups is 1. The van der Waals surface area contributed by atoms with E-state index in [0.717, 1.165) is 24.5 Å². The highest BCUT2D eigenvalue weighted by Crippen LogP contribution is 2.33. The fraction of sp³-hybridized carbons (Fsp3) is 0.643. The molecular formula is C14H22N2O2. The molecule has 0 unspecified atom stereocenters. The molecule has 4 heteroatoms. The van der Waals surface area contributed by atoms with Gasteiger partial charge in [0.05, 0.1) is 6.61 Å². The van der Waals surface area contributed by atoms with Gasteiger partial charge in [-0.25, -0.2) is 4.98 Å². The molecule has 1 saturated carbocycles. The van der Waals surface area contributed by atoms with Crippen molar-refractivity contribution in [2.45, 2.75) is 38.6 Å². The summed E-state index contributed by atoms with van der Waals surface area (Å²) in [5.74, 6) is 1.78. The van der Waals surface area contributed by atoms with Crippen LogP contribution in [0.5, 0.6) is 5.75 Å². The Bertz CT molecular complexity index is 367. The lowest BCUT2D eigenvalue weighted by molar-refractivity contribution is 0.281. The SMILES string of the molecule is CCOc1cccnc1N(CCCO)C1CCC1. The number of aromatic nitrogens is 1. The molecule has 0 radical (unpaired) electrons. The van der Waals surface area contributed by atoms with Gasteiger partial charge in [0.1, 0.15) is 0 Å². The Hall–Kier alpha value is -1.29. The molecule has 1 N–H and O–H groups in total. The van der Waals surface area contributed by atoms with E-state index in [0.29, 0.717) is 12.6 Å². The van der Waals surface area contributed by atoms with Gasteiger partial charge in [0.25, 0.3) is 0 Å². The number of ether oxygens (including phenoxy) is 1. The molecule has 100 valence electrons. The zero-order valence-electron chi connectivity index (χ0n) is 11.0. The van der Waals surface area contributed by atoms with Crippen molar-refractivity contribution < 1.29 is 9.84 Å². The van der Waals surface area contributed by atoms with Gasteiger partial charge in [-0.2, -0.15) is 0 Å². The van der Waals surface area contributed by atoms with Crippen LogP contribution in [0.15, 0.2) is 18.3 Å². The number of nitrogens with zero attached hydrogens (tertiary/aromatic N) is 2. The Labute approximate surface area is 109 Å². The third kappa shape index (κ3) is 2.93. The Kier molecular flexibility index (Phi) is 4.81. The van der Waals surface area contributed by atoms with Crippen LogP contribution in [-0.2, 0) is 0 Å². The van der Waals surface area contributed by atoms with E-state index < -0.39 is 0 Å². The van der Waals surface area contributed by atoms with E-state index in [1.165, 1.54) is 19.3 Å². The lowest BCUT2D eigenvalue weighted by Gasteiger charge is -2.39. The molecule has 1 aliphatic rings. The monoisotopic (exact) mass is 250 g/mol. The van der Waals surface area contributed by atoms with Crippen molar-refractivity contribution in [2.75, 3.05) is 24.7 Å². The van der Waals surface area contributed by atoms with Crippen LogP contribution < -0.4 is 9.64 Å². The van der Waals surface area contributed by atoms with Crippen LogP contribution in [0.25, 0.3) is 0 Å². The third-order valence-electron chi connectivity index (χ3n) is 3.40. The van der Waals surface area contributed by atoms with E-state index >= 15 is 0 Å².